The van der Waals surface area contributed by atoms with E-state index in [9.17, 15) is 4.79 Å². The number of ketones is 1. The third-order valence-corrected chi connectivity index (χ3v) is 3.78. The average molecular weight is 231 g/mol. The zero-order chi connectivity index (χ0) is 12.3. The Kier molecular flexibility index (Phi) is 3.95. The molecule has 0 N–H and O–H groups in total. The fourth-order valence-electron chi connectivity index (χ4n) is 2.92. The van der Waals surface area contributed by atoms with Gasteiger partial charge in [0.1, 0.15) is 5.78 Å². The smallest absolute Gasteiger partial charge is 0.149 e. The number of benzene rings is 1. The molecule has 0 bridgehead atoms. The number of carbonyl (C=O) groups is 1. The van der Waals surface area contributed by atoms with Crippen LogP contribution in [0.3, 0.4) is 0 Å². The Hall–Kier alpha value is -1.15. The highest BCUT2D eigenvalue weighted by atomic mass is 16.1. The van der Waals surface area contributed by atoms with Crippen molar-refractivity contribution in [2.45, 2.75) is 45.2 Å². The highest BCUT2D eigenvalue weighted by molar-refractivity contribution is 5.84. The summed E-state index contributed by atoms with van der Waals surface area (Å²) < 4.78 is 0. The molecule has 0 spiro atoms. The Labute approximate surface area is 104 Å². The largest absolute Gasteiger partial charge is 0.298 e. The second kappa shape index (κ2) is 5.46. The minimum atomic E-state index is 0.148. The van der Waals surface area contributed by atoms with Gasteiger partial charge in [0, 0.05) is 12.5 Å². The van der Waals surface area contributed by atoms with Gasteiger partial charge in [-0.05, 0) is 24.9 Å². The van der Waals surface area contributed by atoms with Gasteiger partial charge in [-0.25, -0.2) is 0 Å². The molecule has 2 heteroatoms. The summed E-state index contributed by atoms with van der Waals surface area (Å²) in [5.74, 6) is 0.394. The summed E-state index contributed by atoms with van der Waals surface area (Å²) >= 11 is 0. The summed E-state index contributed by atoms with van der Waals surface area (Å²) in [6.45, 7) is 5.07. The van der Waals surface area contributed by atoms with Crippen molar-refractivity contribution in [1.29, 1.82) is 0 Å². The van der Waals surface area contributed by atoms with Crippen LogP contribution in [0.5, 0.6) is 0 Å². The van der Waals surface area contributed by atoms with Crippen molar-refractivity contribution in [1.82, 2.24) is 4.90 Å². The maximum Gasteiger partial charge on any atom is 0.149 e. The van der Waals surface area contributed by atoms with E-state index in [0.29, 0.717) is 18.2 Å². The van der Waals surface area contributed by atoms with Crippen LogP contribution in [0.1, 0.15) is 44.7 Å². The molecule has 0 aliphatic carbocycles. The molecule has 1 heterocycles. The molecular formula is C15H21NO. The van der Waals surface area contributed by atoms with Crippen molar-refractivity contribution in [2.75, 3.05) is 6.54 Å². The van der Waals surface area contributed by atoms with Crippen molar-refractivity contribution < 1.29 is 4.79 Å². The maximum atomic E-state index is 11.9. The first kappa shape index (κ1) is 12.3. The Morgan fingerprint density at radius 1 is 1.24 bits per heavy atom. The number of nitrogens with zero attached hydrogens (tertiary/aromatic N) is 1. The molecule has 17 heavy (non-hydrogen) atoms. The van der Waals surface area contributed by atoms with E-state index >= 15 is 0 Å². The van der Waals surface area contributed by atoms with E-state index < -0.39 is 0 Å². The Morgan fingerprint density at radius 2 is 1.94 bits per heavy atom. The third-order valence-electron chi connectivity index (χ3n) is 3.78. The molecule has 2 atom stereocenters. The number of Topliss-reactive ketones (excluding diaryl/α,β-unsaturated/α-hetero) is 1. The summed E-state index contributed by atoms with van der Waals surface area (Å²) in [6.07, 6.45) is 2.77. The molecule has 1 fully saturated rings. The van der Waals surface area contributed by atoms with E-state index in [1.165, 1.54) is 5.56 Å². The lowest BCUT2D eigenvalue weighted by molar-refractivity contribution is -0.123. The zero-order valence-corrected chi connectivity index (χ0v) is 10.7. The summed E-state index contributed by atoms with van der Waals surface area (Å²) in [7, 11) is 0. The van der Waals surface area contributed by atoms with Gasteiger partial charge in [-0.15, -0.1) is 0 Å². The molecule has 0 saturated carbocycles. The molecule has 0 amide bonds. The van der Waals surface area contributed by atoms with Crippen LogP contribution in [0.15, 0.2) is 30.3 Å². The molecule has 2 unspecified atom stereocenters. The monoisotopic (exact) mass is 231 g/mol. The minimum Gasteiger partial charge on any atom is -0.298 e. The zero-order valence-electron chi connectivity index (χ0n) is 10.7. The fraction of sp³-hybridized carbons (Fsp3) is 0.533. The van der Waals surface area contributed by atoms with Gasteiger partial charge < -0.3 is 0 Å². The maximum absolute atomic E-state index is 11.9. The van der Waals surface area contributed by atoms with Crippen LogP contribution in [0.2, 0.25) is 0 Å². The van der Waals surface area contributed by atoms with Crippen LogP contribution in [0.4, 0.5) is 0 Å². The van der Waals surface area contributed by atoms with Gasteiger partial charge in [0.25, 0.3) is 0 Å². The van der Waals surface area contributed by atoms with Crippen molar-refractivity contribution in [3.05, 3.63) is 35.9 Å². The van der Waals surface area contributed by atoms with Gasteiger partial charge >= 0.3 is 0 Å². The van der Waals surface area contributed by atoms with Crippen LogP contribution in [0, 0.1) is 0 Å². The predicted octanol–water partition coefficient (Wildman–Crippen LogP) is 3.19. The molecule has 2 nitrogen and oxygen atoms in total. The normalized spacial score (nSPS) is 25.1. The molecule has 1 aromatic carbocycles. The van der Waals surface area contributed by atoms with Gasteiger partial charge in [-0.2, -0.15) is 0 Å². The summed E-state index contributed by atoms with van der Waals surface area (Å²) in [5.41, 5.74) is 1.35. The Bertz CT molecular complexity index is 374. The number of likely N-dealkylation sites (tertiary alicyclic amines) is 1. The van der Waals surface area contributed by atoms with Gasteiger partial charge in [0.05, 0.1) is 6.04 Å². The summed E-state index contributed by atoms with van der Waals surface area (Å²) in [5, 5.41) is 0. The summed E-state index contributed by atoms with van der Waals surface area (Å²) in [6, 6.07) is 11.1. The second-order valence-corrected chi connectivity index (χ2v) is 4.67. The van der Waals surface area contributed by atoms with Gasteiger partial charge in [-0.1, -0.05) is 44.2 Å². The molecule has 0 aromatic heterocycles. The van der Waals surface area contributed by atoms with E-state index in [2.05, 4.69) is 36.1 Å². The van der Waals surface area contributed by atoms with Crippen LogP contribution in [-0.2, 0) is 4.79 Å². The van der Waals surface area contributed by atoms with Crippen molar-refractivity contribution >= 4 is 5.78 Å². The van der Waals surface area contributed by atoms with Gasteiger partial charge in [0.15, 0.2) is 0 Å². The molecular weight excluding hydrogens is 210 g/mol. The molecule has 1 saturated heterocycles. The number of likely N-dealkylation sites (N-methyl/N-ethyl adjacent to an activating group) is 1. The molecule has 92 valence electrons. The van der Waals surface area contributed by atoms with Crippen molar-refractivity contribution in [3.8, 4) is 0 Å². The highest BCUT2D eigenvalue weighted by Crippen LogP contribution is 2.36. The SMILES string of the molecule is CCC(=O)C1CCC(c2ccccc2)N1CC. The van der Waals surface area contributed by atoms with E-state index in [4.69, 9.17) is 0 Å². The first-order valence-corrected chi connectivity index (χ1v) is 6.61. The molecule has 1 aromatic rings. The van der Waals surface area contributed by atoms with E-state index in [1.54, 1.807) is 0 Å². The van der Waals surface area contributed by atoms with Crippen molar-refractivity contribution in [2.24, 2.45) is 0 Å². The van der Waals surface area contributed by atoms with E-state index in [-0.39, 0.29) is 6.04 Å². The second-order valence-electron chi connectivity index (χ2n) is 4.67. The topological polar surface area (TPSA) is 20.3 Å². The predicted molar refractivity (Wildman–Crippen MR) is 69.9 cm³/mol. The number of hydrogen-bond acceptors (Lipinski definition) is 2. The Morgan fingerprint density at radius 3 is 2.53 bits per heavy atom. The standard InChI is InChI=1S/C15H21NO/c1-3-15(17)14-11-10-13(16(14)4-2)12-8-6-5-7-9-12/h5-9,13-14H,3-4,10-11H2,1-2H3. The quantitative estimate of drug-likeness (QED) is 0.793. The van der Waals surface area contributed by atoms with E-state index in [0.717, 1.165) is 19.4 Å². The van der Waals surface area contributed by atoms with Crippen LogP contribution < -0.4 is 0 Å². The van der Waals surface area contributed by atoms with Gasteiger partial charge in [-0.3, -0.25) is 9.69 Å². The Balaban J connectivity index is 2.18. The molecule has 0 radical (unpaired) electrons. The number of rotatable bonds is 4. The van der Waals surface area contributed by atoms with Crippen LogP contribution in [-0.4, -0.2) is 23.3 Å². The average Bonchev–Trinajstić information content (AvgIpc) is 2.82. The molecule has 1 aliphatic rings. The van der Waals surface area contributed by atoms with Crippen molar-refractivity contribution in [3.63, 3.8) is 0 Å². The minimum absolute atomic E-state index is 0.148. The van der Waals surface area contributed by atoms with Crippen LogP contribution in [0.25, 0.3) is 0 Å². The van der Waals surface area contributed by atoms with Crippen LogP contribution >= 0.6 is 0 Å². The first-order valence-electron chi connectivity index (χ1n) is 6.61. The fourth-order valence-corrected chi connectivity index (χ4v) is 2.92. The number of hydrogen-bond donors (Lipinski definition) is 0. The lowest BCUT2D eigenvalue weighted by Gasteiger charge is -2.28. The first-order chi connectivity index (χ1) is 8.27. The molecule has 2 rings (SSSR count). The lowest BCUT2D eigenvalue weighted by atomic mass is 10.0. The number of carbonyl (C=O) groups excluding carboxylic acids is 1. The third kappa shape index (κ3) is 2.42. The lowest BCUT2D eigenvalue weighted by Crippen LogP contribution is -2.37. The highest BCUT2D eigenvalue weighted by Gasteiger charge is 2.36. The van der Waals surface area contributed by atoms with E-state index in [1.807, 2.05) is 13.0 Å². The van der Waals surface area contributed by atoms with Gasteiger partial charge in [0.2, 0.25) is 0 Å². The molecule has 1 aliphatic heterocycles. The summed E-state index contributed by atoms with van der Waals surface area (Å²) in [4.78, 5) is 14.3.